The van der Waals surface area contributed by atoms with E-state index in [2.05, 4.69) is 15.6 Å². The van der Waals surface area contributed by atoms with Gasteiger partial charge in [0, 0.05) is 27.8 Å². The molecule has 6 aromatic rings. The summed E-state index contributed by atoms with van der Waals surface area (Å²) in [6.45, 7) is 0. The predicted molar refractivity (Wildman–Crippen MR) is 153 cm³/mol. The average molecular weight is 494 g/mol. The minimum Gasteiger partial charge on any atom is -0.321 e. The second-order valence-electron chi connectivity index (χ2n) is 8.97. The summed E-state index contributed by atoms with van der Waals surface area (Å²) < 4.78 is 0. The lowest BCUT2D eigenvalue weighted by atomic mass is 10.0. The van der Waals surface area contributed by atoms with E-state index in [9.17, 15) is 9.59 Å². The summed E-state index contributed by atoms with van der Waals surface area (Å²) >= 11 is 0. The van der Waals surface area contributed by atoms with Crippen molar-refractivity contribution in [3.05, 3.63) is 139 Å². The van der Waals surface area contributed by atoms with Gasteiger partial charge in [-0.15, -0.1) is 0 Å². The Hall–Kier alpha value is -5.29. The van der Waals surface area contributed by atoms with Gasteiger partial charge in [0.15, 0.2) is 0 Å². The van der Waals surface area contributed by atoms with E-state index < -0.39 is 0 Å². The molecule has 0 fully saturated rings. The highest BCUT2D eigenvalue weighted by molar-refractivity contribution is 6.13. The maximum atomic E-state index is 12.9. The Kier molecular flexibility index (Phi) is 6.08. The van der Waals surface area contributed by atoms with E-state index in [1.165, 1.54) is 0 Å². The Balaban J connectivity index is 1.15. The maximum absolute atomic E-state index is 12.9. The third kappa shape index (κ3) is 4.61. The summed E-state index contributed by atoms with van der Waals surface area (Å²) in [4.78, 5) is 30.3. The Bertz CT molecular complexity index is 1780. The molecule has 0 radical (unpaired) electrons. The number of hydrogen-bond acceptors (Lipinski definition) is 3. The van der Waals surface area contributed by atoms with Crippen LogP contribution in [0.5, 0.6) is 0 Å². The fraction of sp³-hybridized carbons (Fsp3) is 0. The fourth-order valence-corrected chi connectivity index (χ4v) is 4.58. The van der Waals surface area contributed by atoms with Crippen LogP contribution in [0.25, 0.3) is 32.8 Å². The molecule has 5 nitrogen and oxygen atoms in total. The molecule has 1 aromatic heterocycles. The van der Waals surface area contributed by atoms with Crippen molar-refractivity contribution >= 4 is 44.7 Å². The van der Waals surface area contributed by atoms with Gasteiger partial charge in [-0.05, 0) is 52.6 Å². The molecule has 0 saturated heterocycles. The molecule has 5 aromatic carbocycles. The number of fused-ring (bicyclic) bond motifs is 2. The molecule has 1 heterocycles. The van der Waals surface area contributed by atoms with Crippen LogP contribution in [0.1, 0.15) is 20.7 Å². The molecule has 0 aliphatic carbocycles. The van der Waals surface area contributed by atoms with Crippen LogP contribution in [0.3, 0.4) is 0 Å². The predicted octanol–water partition coefficient (Wildman–Crippen LogP) is 7.56. The second-order valence-corrected chi connectivity index (χ2v) is 8.97. The second kappa shape index (κ2) is 9.99. The van der Waals surface area contributed by atoms with E-state index >= 15 is 0 Å². The van der Waals surface area contributed by atoms with Gasteiger partial charge in [0.25, 0.3) is 11.8 Å². The molecule has 0 aliphatic heterocycles. The van der Waals surface area contributed by atoms with E-state index in [0.717, 1.165) is 38.5 Å². The standard InChI is InChI=1S/C33H23N3O2/c37-32(36-31-14-6-10-23-8-2-4-12-28(23)31)25-17-15-24(16-18-25)30-20-19-26(21-34-30)35-33(38)29-13-5-9-22-7-1-3-11-27(22)29/h1-21H,(H,35,38)(H,36,37). The number of benzene rings is 5. The van der Waals surface area contributed by atoms with E-state index in [1.807, 2.05) is 109 Å². The zero-order valence-electron chi connectivity index (χ0n) is 20.4. The van der Waals surface area contributed by atoms with Crippen molar-refractivity contribution in [2.45, 2.75) is 0 Å². The van der Waals surface area contributed by atoms with Crippen LogP contribution in [-0.4, -0.2) is 16.8 Å². The largest absolute Gasteiger partial charge is 0.321 e. The minimum absolute atomic E-state index is 0.174. The number of rotatable bonds is 5. The number of pyridine rings is 1. The van der Waals surface area contributed by atoms with Crippen LogP contribution in [0.15, 0.2) is 128 Å². The maximum Gasteiger partial charge on any atom is 0.256 e. The molecular weight excluding hydrogens is 470 g/mol. The van der Waals surface area contributed by atoms with Crippen molar-refractivity contribution in [2.75, 3.05) is 10.6 Å². The van der Waals surface area contributed by atoms with Gasteiger partial charge in [-0.2, -0.15) is 0 Å². The topological polar surface area (TPSA) is 71.1 Å². The average Bonchev–Trinajstić information content (AvgIpc) is 2.97. The van der Waals surface area contributed by atoms with Gasteiger partial charge in [-0.3, -0.25) is 14.6 Å². The van der Waals surface area contributed by atoms with Gasteiger partial charge in [0.2, 0.25) is 0 Å². The number of nitrogens with one attached hydrogen (secondary N) is 2. The van der Waals surface area contributed by atoms with Gasteiger partial charge in [-0.1, -0.05) is 84.9 Å². The van der Waals surface area contributed by atoms with Crippen molar-refractivity contribution < 1.29 is 9.59 Å². The highest BCUT2D eigenvalue weighted by Crippen LogP contribution is 2.25. The smallest absolute Gasteiger partial charge is 0.256 e. The number of nitrogens with zero attached hydrogens (tertiary/aromatic N) is 1. The summed E-state index contributed by atoms with van der Waals surface area (Å²) in [7, 11) is 0. The van der Waals surface area contributed by atoms with E-state index in [4.69, 9.17) is 0 Å². The summed E-state index contributed by atoms with van der Waals surface area (Å²) in [6, 6.07) is 38.3. The Morgan fingerprint density at radius 2 is 1.21 bits per heavy atom. The normalized spacial score (nSPS) is 10.8. The van der Waals surface area contributed by atoms with Crippen LogP contribution in [0.4, 0.5) is 11.4 Å². The van der Waals surface area contributed by atoms with Crippen molar-refractivity contribution in [2.24, 2.45) is 0 Å². The lowest BCUT2D eigenvalue weighted by Gasteiger charge is -2.10. The monoisotopic (exact) mass is 493 g/mol. The number of carbonyl (C=O) groups is 2. The highest BCUT2D eigenvalue weighted by Gasteiger charge is 2.12. The van der Waals surface area contributed by atoms with Crippen LogP contribution < -0.4 is 10.6 Å². The SMILES string of the molecule is O=C(Nc1cccc2ccccc12)c1ccc(-c2ccc(NC(=O)c3cccc4ccccc34)cn2)cc1. The molecule has 0 saturated carbocycles. The van der Waals surface area contributed by atoms with Gasteiger partial charge in [0.05, 0.1) is 17.6 Å². The van der Waals surface area contributed by atoms with Crippen LogP contribution >= 0.6 is 0 Å². The van der Waals surface area contributed by atoms with Crippen molar-refractivity contribution in [1.29, 1.82) is 0 Å². The van der Waals surface area contributed by atoms with Gasteiger partial charge >= 0.3 is 0 Å². The first kappa shape index (κ1) is 23.1. The third-order valence-corrected chi connectivity index (χ3v) is 6.54. The van der Waals surface area contributed by atoms with Gasteiger partial charge in [-0.25, -0.2) is 0 Å². The first-order valence-corrected chi connectivity index (χ1v) is 12.3. The molecule has 5 heteroatoms. The molecule has 0 atom stereocenters. The quantitative estimate of drug-likeness (QED) is 0.260. The summed E-state index contributed by atoms with van der Waals surface area (Å²) in [5.74, 6) is -0.356. The van der Waals surface area contributed by atoms with Crippen LogP contribution in [-0.2, 0) is 0 Å². The Labute approximate surface area is 219 Å². The zero-order valence-corrected chi connectivity index (χ0v) is 20.4. The van der Waals surface area contributed by atoms with E-state index in [1.54, 1.807) is 18.3 Å². The third-order valence-electron chi connectivity index (χ3n) is 6.54. The van der Waals surface area contributed by atoms with Crippen LogP contribution in [0.2, 0.25) is 0 Å². The molecular formula is C33H23N3O2. The number of hydrogen-bond donors (Lipinski definition) is 2. The number of carbonyl (C=O) groups excluding carboxylic acids is 2. The molecule has 2 amide bonds. The van der Waals surface area contributed by atoms with Crippen LogP contribution in [0, 0.1) is 0 Å². The Morgan fingerprint density at radius 3 is 1.95 bits per heavy atom. The molecule has 182 valence electrons. The van der Waals surface area contributed by atoms with E-state index in [0.29, 0.717) is 16.8 Å². The Morgan fingerprint density at radius 1 is 0.553 bits per heavy atom. The highest BCUT2D eigenvalue weighted by atomic mass is 16.2. The summed E-state index contributed by atoms with van der Waals surface area (Å²) in [6.07, 6.45) is 1.64. The van der Waals surface area contributed by atoms with Crippen molar-refractivity contribution in [1.82, 2.24) is 4.98 Å². The fourth-order valence-electron chi connectivity index (χ4n) is 4.58. The molecule has 0 bridgehead atoms. The molecule has 38 heavy (non-hydrogen) atoms. The number of aromatic nitrogens is 1. The van der Waals surface area contributed by atoms with Crippen molar-refractivity contribution in [3.63, 3.8) is 0 Å². The lowest BCUT2D eigenvalue weighted by molar-refractivity contribution is 0.101. The minimum atomic E-state index is -0.182. The van der Waals surface area contributed by atoms with Gasteiger partial charge in [0.1, 0.15) is 0 Å². The number of amides is 2. The number of anilines is 2. The van der Waals surface area contributed by atoms with Crippen molar-refractivity contribution in [3.8, 4) is 11.3 Å². The summed E-state index contributed by atoms with van der Waals surface area (Å²) in [5.41, 5.74) is 4.18. The first-order chi connectivity index (χ1) is 18.7. The molecule has 0 aliphatic rings. The van der Waals surface area contributed by atoms with E-state index in [-0.39, 0.29) is 11.8 Å². The molecule has 0 unspecified atom stereocenters. The molecule has 6 rings (SSSR count). The first-order valence-electron chi connectivity index (χ1n) is 12.3. The van der Waals surface area contributed by atoms with Gasteiger partial charge < -0.3 is 10.6 Å². The lowest BCUT2D eigenvalue weighted by Crippen LogP contribution is -2.12. The summed E-state index contributed by atoms with van der Waals surface area (Å²) in [5, 5.41) is 9.94. The molecule has 2 N–H and O–H groups in total. The molecule has 0 spiro atoms. The zero-order chi connectivity index (χ0) is 25.9.